The molecule has 0 saturated heterocycles. The quantitative estimate of drug-likeness (QED) is 0.689. The van der Waals surface area contributed by atoms with E-state index in [0.717, 1.165) is 4.47 Å². The molecule has 0 fully saturated rings. The van der Waals surface area contributed by atoms with Gasteiger partial charge in [-0.1, -0.05) is 54.1 Å². The van der Waals surface area contributed by atoms with Crippen LogP contribution in [0.25, 0.3) is 5.57 Å². The van der Waals surface area contributed by atoms with Gasteiger partial charge in [0.15, 0.2) is 0 Å². The molecule has 0 amide bonds. The zero-order chi connectivity index (χ0) is 11.2. The molecule has 2 rings (SSSR count). The van der Waals surface area contributed by atoms with Gasteiger partial charge in [0.2, 0.25) is 0 Å². The summed E-state index contributed by atoms with van der Waals surface area (Å²) in [6.07, 6.45) is 1.97. The molecule has 0 radical (unpaired) electrons. The van der Waals surface area contributed by atoms with E-state index in [2.05, 4.69) is 61.5 Å². The molecule has 78 valence electrons. The molecule has 15 heavy (non-hydrogen) atoms. The fraction of sp³-hybridized carbons (Fsp3) is 0.286. The molecule has 0 N–H and O–H groups in total. The minimum Gasteiger partial charge on any atom is -0.0984 e. The standard InChI is InChI=1S/C14H15Br/c1-5-11-9(2)14(3,4)13-7-6-10(15)8-12(11)13/h5-8H,1H2,2-4H3. The summed E-state index contributed by atoms with van der Waals surface area (Å²) >= 11 is 3.52. The molecular weight excluding hydrogens is 248 g/mol. The number of benzene rings is 1. The normalized spacial score (nSPS) is 17.9. The number of hydrogen-bond donors (Lipinski definition) is 0. The zero-order valence-corrected chi connectivity index (χ0v) is 11.0. The molecule has 0 unspecified atom stereocenters. The first-order chi connectivity index (χ1) is 6.98. The van der Waals surface area contributed by atoms with Crippen molar-refractivity contribution in [3.8, 4) is 0 Å². The molecule has 1 heteroatoms. The van der Waals surface area contributed by atoms with Gasteiger partial charge in [-0.25, -0.2) is 0 Å². The Balaban J connectivity index is 2.76. The third kappa shape index (κ3) is 1.41. The van der Waals surface area contributed by atoms with Crippen LogP contribution < -0.4 is 0 Å². The molecule has 0 saturated carbocycles. The second-order valence-electron chi connectivity index (χ2n) is 4.56. The first kappa shape index (κ1) is 10.7. The SMILES string of the molecule is C=CC1=C(C)C(C)(C)c2ccc(Br)cc21. The Labute approximate surface area is 99.8 Å². The lowest BCUT2D eigenvalue weighted by Crippen LogP contribution is -2.15. The van der Waals surface area contributed by atoms with Crippen LogP contribution >= 0.6 is 15.9 Å². The van der Waals surface area contributed by atoms with Gasteiger partial charge in [0.25, 0.3) is 0 Å². The summed E-state index contributed by atoms with van der Waals surface area (Å²) in [5, 5.41) is 0. The van der Waals surface area contributed by atoms with Gasteiger partial charge in [0.05, 0.1) is 0 Å². The zero-order valence-electron chi connectivity index (χ0n) is 9.39. The van der Waals surface area contributed by atoms with Crippen LogP contribution in [0.4, 0.5) is 0 Å². The summed E-state index contributed by atoms with van der Waals surface area (Å²) in [6.45, 7) is 10.7. The maximum absolute atomic E-state index is 3.91. The number of rotatable bonds is 1. The van der Waals surface area contributed by atoms with E-state index in [9.17, 15) is 0 Å². The summed E-state index contributed by atoms with van der Waals surface area (Å²) < 4.78 is 1.13. The van der Waals surface area contributed by atoms with E-state index in [1.54, 1.807) is 0 Å². The first-order valence-electron chi connectivity index (χ1n) is 5.12. The summed E-state index contributed by atoms with van der Waals surface area (Å²) in [7, 11) is 0. The number of allylic oxidation sites excluding steroid dienone is 3. The van der Waals surface area contributed by atoms with Crippen LogP contribution in [0.5, 0.6) is 0 Å². The van der Waals surface area contributed by atoms with Crippen molar-refractivity contribution in [3.63, 3.8) is 0 Å². The summed E-state index contributed by atoms with van der Waals surface area (Å²) in [5.74, 6) is 0. The lowest BCUT2D eigenvalue weighted by molar-refractivity contribution is 0.639. The van der Waals surface area contributed by atoms with Crippen molar-refractivity contribution >= 4 is 21.5 Å². The maximum atomic E-state index is 3.91. The van der Waals surface area contributed by atoms with E-state index in [1.165, 1.54) is 22.3 Å². The molecular formula is C14H15Br. The van der Waals surface area contributed by atoms with Crippen LogP contribution in [-0.4, -0.2) is 0 Å². The van der Waals surface area contributed by atoms with Gasteiger partial charge < -0.3 is 0 Å². The molecule has 1 aromatic rings. The Hall–Kier alpha value is -0.820. The number of hydrogen-bond acceptors (Lipinski definition) is 0. The Morgan fingerprint density at radius 1 is 1.33 bits per heavy atom. The fourth-order valence-corrected chi connectivity index (χ4v) is 2.65. The van der Waals surface area contributed by atoms with Crippen molar-refractivity contribution in [2.45, 2.75) is 26.2 Å². The van der Waals surface area contributed by atoms with Crippen molar-refractivity contribution in [2.75, 3.05) is 0 Å². The van der Waals surface area contributed by atoms with E-state index in [1.807, 2.05) is 6.08 Å². The monoisotopic (exact) mass is 262 g/mol. The minimum atomic E-state index is 0.138. The molecule has 0 bridgehead atoms. The van der Waals surface area contributed by atoms with Crippen LogP contribution in [0.15, 0.2) is 40.9 Å². The Morgan fingerprint density at radius 2 is 2.00 bits per heavy atom. The molecule has 1 aliphatic rings. The first-order valence-corrected chi connectivity index (χ1v) is 5.92. The lowest BCUT2D eigenvalue weighted by Gasteiger charge is -2.22. The highest BCUT2D eigenvalue weighted by Gasteiger charge is 2.33. The minimum absolute atomic E-state index is 0.138. The van der Waals surface area contributed by atoms with Crippen molar-refractivity contribution in [1.29, 1.82) is 0 Å². The second-order valence-corrected chi connectivity index (χ2v) is 5.47. The van der Waals surface area contributed by atoms with E-state index >= 15 is 0 Å². The van der Waals surface area contributed by atoms with Gasteiger partial charge >= 0.3 is 0 Å². The maximum Gasteiger partial charge on any atom is 0.0181 e. The third-order valence-electron chi connectivity index (χ3n) is 3.49. The largest absolute Gasteiger partial charge is 0.0984 e. The molecule has 0 heterocycles. The Bertz CT molecular complexity index is 464. The molecule has 0 atom stereocenters. The van der Waals surface area contributed by atoms with Crippen LogP contribution in [0, 0.1) is 0 Å². The molecule has 0 nitrogen and oxygen atoms in total. The predicted molar refractivity (Wildman–Crippen MR) is 70.0 cm³/mol. The Kier molecular flexibility index (Phi) is 2.38. The van der Waals surface area contributed by atoms with Gasteiger partial charge in [-0.2, -0.15) is 0 Å². The lowest BCUT2D eigenvalue weighted by atomic mass is 9.82. The van der Waals surface area contributed by atoms with Gasteiger partial charge in [-0.3, -0.25) is 0 Å². The topological polar surface area (TPSA) is 0 Å². The third-order valence-corrected chi connectivity index (χ3v) is 3.98. The van der Waals surface area contributed by atoms with Crippen molar-refractivity contribution in [3.05, 3.63) is 52.0 Å². The van der Waals surface area contributed by atoms with Crippen molar-refractivity contribution in [1.82, 2.24) is 0 Å². The van der Waals surface area contributed by atoms with Crippen molar-refractivity contribution in [2.24, 2.45) is 0 Å². The highest BCUT2D eigenvalue weighted by molar-refractivity contribution is 9.10. The summed E-state index contributed by atoms with van der Waals surface area (Å²) in [6, 6.07) is 6.50. The molecule has 0 spiro atoms. The van der Waals surface area contributed by atoms with E-state index in [4.69, 9.17) is 0 Å². The van der Waals surface area contributed by atoms with E-state index in [0.29, 0.717) is 0 Å². The van der Waals surface area contributed by atoms with Gasteiger partial charge in [0, 0.05) is 9.89 Å². The van der Waals surface area contributed by atoms with Crippen LogP contribution in [0.2, 0.25) is 0 Å². The summed E-state index contributed by atoms with van der Waals surface area (Å²) in [5.41, 5.74) is 5.56. The number of fused-ring (bicyclic) bond motifs is 1. The Morgan fingerprint density at radius 3 is 2.60 bits per heavy atom. The molecule has 1 aliphatic carbocycles. The summed E-state index contributed by atoms with van der Waals surface area (Å²) in [4.78, 5) is 0. The molecule has 1 aromatic carbocycles. The van der Waals surface area contributed by atoms with E-state index in [-0.39, 0.29) is 5.41 Å². The van der Waals surface area contributed by atoms with Crippen LogP contribution in [-0.2, 0) is 5.41 Å². The molecule has 0 aliphatic heterocycles. The average Bonchev–Trinajstić information content (AvgIpc) is 2.35. The van der Waals surface area contributed by atoms with Crippen LogP contribution in [0.3, 0.4) is 0 Å². The second kappa shape index (κ2) is 3.34. The average molecular weight is 263 g/mol. The van der Waals surface area contributed by atoms with Gasteiger partial charge in [0.1, 0.15) is 0 Å². The van der Waals surface area contributed by atoms with Crippen molar-refractivity contribution < 1.29 is 0 Å². The fourth-order valence-electron chi connectivity index (χ4n) is 2.29. The number of halogens is 1. The van der Waals surface area contributed by atoms with Gasteiger partial charge in [-0.05, 0) is 35.8 Å². The highest BCUT2D eigenvalue weighted by atomic mass is 79.9. The predicted octanol–water partition coefficient (Wildman–Crippen LogP) is 4.70. The molecule has 0 aromatic heterocycles. The van der Waals surface area contributed by atoms with Gasteiger partial charge in [-0.15, -0.1) is 0 Å². The smallest absolute Gasteiger partial charge is 0.0181 e. The van der Waals surface area contributed by atoms with Crippen LogP contribution in [0.1, 0.15) is 31.9 Å². The highest BCUT2D eigenvalue weighted by Crippen LogP contribution is 2.46. The van der Waals surface area contributed by atoms with E-state index < -0.39 is 0 Å².